The molecule has 0 saturated carbocycles. The maximum atomic E-state index is 13.6. The molecule has 0 fully saturated rings. The molecule has 0 aliphatic rings. The van der Waals surface area contributed by atoms with E-state index in [1.165, 1.54) is 45.4 Å². The van der Waals surface area contributed by atoms with Crippen LogP contribution in [0.25, 0.3) is 0 Å². The molecular formula is C17H17ClFNO4. The summed E-state index contributed by atoms with van der Waals surface area (Å²) in [6.45, 7) is 1.51. The number of ether oxygens (including phenoxy) is 3. The van der Waals surface area contributed by atoms with E-state index in [-0.39, 0.29) is 5.75 Å². The Labute approximate surface area is 144 Å². The van der Waals surface area contributed by atoms with Crippen LogP contribution in [0.1, 0.15) is 6.92 Å². The fourth-order valence-electron chi connectivity index (χ4n) is 1.98. The molecule has 1 atom stereocenters. The highest BCUT2D eigenvalue weighted by atomic mass is 35.5. The average molecular weight is 354 g/mol. The molecule has 0 spiro atoms. The van der Waals surface area contributed by atoms with Crippen LogP contribution in [0.4, 0.5) is 10.1 Å². The molecule has 1 N–H and O–H groups in total. The van der Waals surface area contributed by atoms with Crippen LogP contribution in [0.15, 0.2) is 36.4 Å². The number of nitrogens with one attached hydrogen (secondary N) is 1. The number of anilines is 1. The topological polar surface area (TPSA) is 56.8 Å². The molecule has 0 aromatic heterocycles. The van der Waals surface area contributed by atoms with Crippen LogP contribution in [0.5, 0.6) is 17.2 Å². The maximum absolute atomic E-state index is 13.6. The van der Waals surface area contributed by atoms with Crippen molar-refractivity contribution in [1.29, 1.82) is 0 Å². The predicted molar refractivity (Wildman–Crippen MR) is 89.7 cm³/mol. The van der Waals surface area contributed by atoms with Crippen molar-refractivity contribution >= 4 is 23.2 Å². The van der Waals surface area contributed by atoms with Gasteiger partial charge in [-0.05, 0) is 25.1 Å². The van der Waals surface area contributed by atoms with Crippen molar-refractivity contribution in [2.45, 2.75) is 13.0 Å². The van der Waals surface area contributed by atoms with Gasteiger partial charge in [0.25, 0.3) is 5.91 Å². The van der Waals surface area contributed by atoms with Crippen LogP contribution in [-0.2, 0) is 4.79 Å². The van der Waals surface area contributed by atoms with Gasteiger partial charge in [-0.2, -0.15) is 0 Å². The number of rotatable bonds is 6. The summed E-state index contributed by atoms with van der Waals surface area (Å²) in [5.74, 6) is -0.218. The summed E-state index contributed by atoms with van der Waals surface area (Å²) in [4.78, 5) is 12.3. The smallest absolute Gasteiger partial charge is 0.265 e. The standard InChI is InChI=1S/C17H17ClFNO4/c1-10(24-14-7-5-4-6-12(14)19)17(21)20-13-8-11(18)15(22-2)9-16(13)23-3/h4-10H,1-3H3,(H,20,21)/t10-/m0/s1. The molecule has 0 radical (unpaired) electrons. The molecule has 0 aliphatic carbocycles. The summed E-state index contributed by atoms with van der Waals surface area (Å²) >= 11 is 6.06. The first-order valence-electron chi connectivity index (χ1n) is 7.09. The average Bonchev–Trinajstić information content (AvgIpc) is 2.57. The lowest BCUT2D eigenvalue weighted by Crippen LogP contribution is -2.30. The van der Waals surface area contributed by atoms with Gasteiger partial charge in [-0.15, -0.1) is 0 Å². The van der Waals surface area contributed by atoms with Crippen LogP contribution in [0.2, 0.25) is 5.02 Å². The second-order valence-corrected chi connectivity index (χ2v) is 5.27. The molecule has 0 bridgehead atoms. The molecule has 5 nitrogen and oxygen atoms in total. The number of halogens is 2. The van der Waals surface area contributed by atoms with Gasteiger partial charge in [0.05, 0.1) is 24.9 Å². The minimum atomic E-state index is -0.924. The molecule has 0 heterocycles. The summed E-state index contributed by atoms with van der Waals surface area (Å²) in [7, 11) is 2.93. The molecule has 1 amide bonds. The molecule has 0 unspecified atom stereocenters. The lowest BCUT2D eigenvalue weighted by molar-refractivity contribution is -0.122. The van der Waals surface area contributed by atoms with Gasteiger partial charge in [-0.3, -0.25) is 4.79 Å². The maximum Gasteiger partial charge on any atom is 0.265 e. The number of methoxy groups -OCH3 is 2. The highest BCUT2D eigenvalue weighted by molar-refractivity contribution is 6.32. The number of carbonyl (C=O) groups is 1. The third-order valence-corrected chi connectivity index (χ3v) is 3.54. The third-order valence-electron chi connectivity index (χ3n) is 3.24. The van der Waals surface area contributed by atoms with Gasteiger partial charge in [0.15, 0.2) is 17.7 Å². The van der Waals surface area contributed by atoms with Gasteiger partial charge in [0.1, 0.15) is 11.5 Å². The fourth-order valence-corrected chi connectivity index (χ4v) is 2.22. The highest BCUT2D eigenvalue weighted by Crippen LogP contribution is 2.36. The third kappa shape index (κ3) is 4.08. The SMILES string of the molecule is COc1cc(OC)c(NC(=O)[C@H](C)Oc2ccccc2F)cc1Cl. The number of hydrogen-bond acceptors (Lipinski definition) is 4. The minimum Gasteiger partial charge on any atom is -0.495 e. The Morgan fingerprint density at radius 2 is 1.79 bits per heavy atom. The second-order valence-electron chi connectivity index (χ2n) is 4.87. The minimum absolute atomic E-state index is 0.000113. The molecule has 2 aromatic carbocycles. The molecule has 7 heteroatoms. The van der Waals surface area contributed by atoms with E-state index in [4.69, 9.17) is 25.8 Å². The van der Waals surface area contributed by atoms with E-state index in [2.05, 4.69) is 5.32 Å². The Hall–Kier alpha value is -2.47. The Morgan fingerprint density at radius 1 is 1.12 bits per heavy atom. The zero-order valence-corrected chi connectivity index (χ0v) is 14.2. The largest absolute Gasteiger partial charge is 0.495 e. The van der Waals surface area contributed by atoms with Crippen LogP contribution < -0.4 is 19.5 Å². The molecule has 128 valence electrons. The summed E-state index contributed by atoms with van der Waals surface area (Å²) in [6.07, 6.45) is -0.924. The van der Waals surface area contributed by atoms with Crippen LogP contribution >= 0.6 is 11.6 Å². The summed E-state index contributed by atoms with van der Waals surface area (Å²) < 4.78 is 29.2. The van der Waals surface area contributed by atoms with Crippen molar-refractivity contribution in [1.82, 2.24) is 0 Å². The quantitative estimate of drug-likeness (QED) is 0.855. The van der Waals surface area contributed by atoms with Gasteiger partial charge in [0.2, 0.25) is 0 Å². The van der Waals surface area contributed by atoms with Gasteiger partial charge in [-0.1, -0.05) is 23.7 Å². The molecule has 0 aliphatic heterocycles. The van der Waals surface area contributed by atoms with E-state index in [0.717, 1.165) is 0 Å². The van der Waals surface area contributed by atoms with E-state index in [1.54, 1.807) is 12.1 Å². The number of para-hydroxylation sites is 1. The van der Waals surface area contributed by atoms with E-state index >= 15 is 0 Å². The fraction of sp³-hybridized carbons (Fsp3) is 0.235. The first kappa shape index (κ1) is 17.9. The first-order valence-corrected chi connectivity index (χ1v) is 7.47. The Bertz CT molecular complexity index is 739. The van der Waals surface area contributed by atoms with Crippen molar-refractivity contribution < 1.29 is 23.4 Å². The van der Waals surface area contributed by atoms with Gasteiger partial charge < -0.3 is 19.5 Å². The summed E-state index contributed by atoms with van der Waals surface area (Å²) in [5, 5.41) is 2.96. The number of carbonyl (C=O) groups excluding carboxylic acids is 1. The molecular weight excluding hydrogens is 337 g/mol. The highest BCUT2D eigenvalue weighted by Gasteiger charge is 2.19. The van der Waals surface area contributed by atoms with Gasteiger partial charge in [-0.25, -0.2) is 4.39 Å². The first-order chi connectivity index (χ1) is 11.5. The lowest BCUT2D eigenvalue weighted by atomic mass is 10.2. The van der Waals surface area contributed by atoms with E-state index in [1.807, 2.05) is 0 Å². The molecule has 2 rings (SSSR count). The van der Waals surface area contributed by atoms with Crippen LogP contribution in [-0.4, -0.2) is 26.2 Å². The van der Waals surface area contributed by atoms with Crippen molar-refractivity contribution in [3.63, 3.8) is 0 Å². The van der Waals surface area contributed by atoms with Gasteiger partial charge >= 0.3 is 0 Å². The van der Waals surface area contributed by atoms with Crippen molar-refractivity contribution in [3.8, 4) is 17.2 Å². The zero-order chi connectivity index (χ0) is 17.7. The van der Waals surface area contributed by atoms with Crippen molar-refractivity contribution in [3.05, 3.63) is 47.2 Å². The van der Waals surface area contributed by atoms with Gasteiger partial charge in [0, 0.05) is 6.07 Å². The van der Waals surface area contributed by atoms with Crippen LogP contribution in [0.3, 0.4) is 0 Å². The summed E-state index contributed by atoms with van der Waals surface area (Å²) in [5.41, 5.74) is 0.359. The summed E-state index contributed by atoms with van der Waals surface area (Å²) in [6, 6.07) is 8.93. The Balaban J connectivity index is 2.14. The Morgan fingerprint density at radius 3 is 2.42 bits per heavy atom. The van der Waals surface area contributed by atoms with E-state index in [9.17, 15) is 9.18 Å². The van der Waals surface area contributed by atoms with E-state index in [0.29, 0.717) is 22.2 Å². The number of hydrogen-bond donors (Lipinski definition) is 1. The number of benzene rings is 2. The molecule has 0 saturated heterocycles. The zero-order valence-electron chi connectivity index (χ0n) is 13.4. The number of amides is 1. The second kappa shape index (κ2) is 7.88. The molecule has 24 heavy (non-hydrogen) atoms. The predicted octanol–water partition coefficient (Wildman–Crippen LogP) is 3.90. The van der Waals surface area contributed by atoms with Crippen LogP contribution in [0, 0.1) is 5.82 Å². The van der Waals surface area contributed by atoms with Crippen molar-refractivity contribution in [2.75, 3.05) is 19.5 Å². The normalized spacial score (nSPS) is 11.5. The lowest BCUT2D eigenvalue weighted by Gasteiger charge is -2.17. The van der Waals surface area contributed by atoms with E-state index < -0.39 is 17.8 Å². The molecule has 2 aromatic rings. The Kier molecular flexibility index (Phi) is 5.87. The monoisotopic (exact) mass is 353 g/mol. The van der Waals surface area contributed by atoms with Crippen molar-refractivity contribution in [2.24, 2.45) is 0 Å².